The summed E-state index contributed by atoms with van der Waals surface area (Å²) in [6.45, 7) is 4.76. The Balaban J connectivity index is 1.50. The summed E-state index contributed by atoms with van der Waals surface area (Å²) in [5.74, 6) is 1.14. The quantitative estimate of drug-likeness (QED) is 0.849. The van der Waals surface area contributed by atoms with E-state index >= 15 is 0 Å². The van der Waals surface area contributed by atoms with Crippen LogP contribution < -0.4 is 4.74 Å². The Morgan fingerprint density at radius 2 is 1.83 bits per heavy atom. The highest BCUT2D eigenvalue weighted by Crippen LogP contribution is 2.26. The predicted octanol–water partition coefficient (Wildman–Crippen LogP) is 1.88. The lowest BCUT2D eigenvalue weighted by Gasteiger charge is -2.22. The zero-order chi connectivity index (χ0) is 16.9. The number of likely N-dealkylation sites (tertiary alicyclic amines) is 2. The summed E-state index contributed by atoms with van der Waals surface area (Å²) in [6.07, 6.45) is 2.52. The smallest absolute Gasteiger partial charge is 0.260 e. The van der Waals surface area contributed by atoms with Gasteiger partial charge >= 0.3 is 0 Å². The van der Waals surface area contributed by atoms with Gasteiger partial charge in [0.1, 0.15) is 5.75 Å². The van der Waals surface area contributed by atoms with Gasteiger partial charge < -0.3 is 19.6 Å². The topological polar surface area (TPSA) is 53.0 Å². The third kappa shape index (κ3) is 4.41. The Morgan fingerprint density at radius 3 is 2.50 bits per heavy atom. The highest BCUT2D eigenvalue weighted by Gasteiger charge is 2.36. The van der Waals surface area contributed by atoms with E-state index in [0.717, 1.165) is 19.6 Å². The van der Waals surface area contributed by atoms with Crippen LogP contribution in [0.5, 0.6) is 5.75 Å². The Bertz CT molecular complexity index is 546. The molecule has 2 saturated heterocycles. The molecular weight excluding hydrogens is 328 g/mol. The molecule has 2 aliphatic heterocycles. The van der Waals surface area contributed by atoms with Crippen molar-refractivity contribution in [2.24, 2.45) is 11.8 Å². The van der Waals surface area contributed by atoms with Crippen molar-refractivity contribution in [2.45, 2.75) is 12.8 Å². The van der Waals surface area contributed by atoms with E-state index in [2.05, 4.69) is 4.90 Å². The molecule has 2 heterocycles. The Labute approximate surface area is 148 Å². The number of rotatable bonds is 6. The average Bonchev–Trinajstić information content (AvgIpc) is 3.24. The number of aliphatic hydroxyl groups is 1. The first-order valence-corrected chi connectivity index (χ1v) is 9.03. The van der Waals surface area contributed by atoms with Crippen molar-refractivity contribution in [3.8, 4) is 5.75 Å². The summed E-state index contributed by atoms with van der Waals surface area (Å²) in [5.41, 5.74) is 0. The Kier molecular flexibility index (Phi) is 5.98. The van der Waals surface area contributed by atoms with Crippen LogP contribution in [0.25, 0.3) is 0 Å². The molecular formula is C18H25ClN2O3. The first kappa shape index (κ1) is 17.5. The number of amides is 1. The SMILES string of the molecule is O=C(COc1ccc(Cl)cc1)N1C[C@@H](CN2CCCC2)[C@@H](CO)C1. The van der Waals surface area contributed by atoms with Gasteiger partial charge in [-0.25, -0.2) is 0 Å². The second-order valence-electron chi connectivity index (χ2n) is 6.75. The van der Waals surface area contributed by atoms with Gasteiger partial charge in [0.2, 0.25) is 0 Å². The van der Waals surface area contributed by atoms with Gasteiger partial charge in [-0.2, -0.15) is 0 Å². The maximum Gasteiger partial charge on any atom is 0.260 e. The number of nitrogens with zero attached hydrogens (tertiary/aromatic N) is 2. The number of ether oxygens (including phenoxy) is 1. The fourth-order valence-electron chi connectivity index (χ4n) is 3.62. The molecule has 1 aromatic rings. The molecule has 1 N–H and O–H groups in total. The molecule has 0 aliphatic carbocycles. The minimum absolute atomic E-state index is 0.0210. The summed E-state index contributed by atoms with van der Waals surface area (Å²) in [5, 5.41) is 10.3. The minimum Gasteiger partial charge on any atom is -0.484 e. The van der Waals surface area contributed by atoms with Crippen molar-refractivity contribution in [1.29, 1.82) is 0 Å². The van der Waals surface area contributed by atoms with E-state index in [4.69, 9.17) is 16.3 Å². The van der Waals surface area contributed by atoms with Crippen molar-refractivity contribution in [2.75, 3.05) is 45.9 Å². The van der Waals surface area contributed by atoms with Crippen molar-refractivity contribution in [3.63, 3.8) is 0 Å². The molecule has 0 unspecified atom stereocenters. The second kappa shape index (κ2) is 8.19. The molecule has 1 aromatic carbocycles. The van der Waals surface area contributed by atoms with E-state index in [1.807, 2.05) is 4.90 Å². The zero-order valence-electron chi connectivity index (χ0n) is 13.9. The lowest BCUT2D eigenvalue weighted by Crippen LogP contribution is -2.34. The largest absolute Gasteiger partial charge is 0.484 e. The van der Waals surface area contributed by atoms with Crippen LogP contribution in [-0.2, 0) is 4.79 Å². The molecule has 3 rings (SSSR count). The van der Waals surface area contributed by atoms with E-state index < -0.39 is 0 Å². The molecule has 2 atom stereocenters. The standard InChI is InChI=1S/C18H25ClN2O3/c19-16-3-5-17(6-4-16)24-13-18(23)21-10-14(15(11-21)12-22)9-20-7-1-2-8-20/h3-6,14-15,22H,1-2,7-13H2/t14-,15-/m1/s1. The fraction of sp³-hybridized carbons (Fsp3) is 0.611. The van der Waals surface area contributed by atoms with E-state index in [1.165, 1.54) is 12.8 Å². The van der Waals surface area contributed by atoms with Gasteiger partial charge in [-0.05, 0) is 56.1 Å². The number of benzene rings is 1. The van der Waals surface area contributed by atoms with Crippen LogP contribution in [0.4, 0.5) is 0 Å². The molecule has 0 radical (unpaired) electrons. The summed E-state index contributed by atoms with van der Waals surface area (Å²) in [6, 6.07) is 6.99. The van der Waals surface area contributed by atoms with E-state index in [9.17, 15) is 9.90 Å². The molecule has 6 heteroatoms. The van der Waals surface area contributed by atoms with Gasteiger partial charge in [-0.15, -0.1) is 0 Å². The summed E-state index contributed by atoms with van der Waals surface area (Å²) >= 11 is 5.84. The third-order valence-corrected chi connectivity index (χ3v) is 5.28. The fourth-order valence-corrected chi connectivity index (χ4v) is 3.75. The van der Waals surface area contributed by atoms with Crippen molar-refractivity contribution in [1.82, 2.24) is 9.80 Å². The lowest BCUT2D eigenvalue weighted by atomic mass is 9.96. The Morgan fingerprint density at radius 1 is 1.17 bits per heavy atom. The molecule has 0 spiro atoms. The highest BCUT2D eigenvalue weighted by molar-refractivity contribution is 6.30. The summed E-state index contributed by atoms with van der Waals surface area (Å²) in [4.78, 5) is 16.7. The van der Waals surface area contributed by atoms with Gasteiger partial charge in [0.05, 0.1) is 0 Å². The van der Waals surface area contributed by atoms with E-state index in [1.54, 1.807) is 24.3 Å². The molecule has 0 saturated carbocycles. The highest BCUT2D eigenvalue weighted by atomic mass is 35.5. The van der Waals surface area contributed by atoms with Gasteiger partial charge in [-0.1, -0.05) is 11.6 Å². The maximum atomic E-state index is 12.4. The molecule has 1 amide bonds. The number of hydrogen-bond acceptors (Lipinski definition) is 4. The van der Waals surface area contributed by atoms with Crippen molar-refractivity contribution in [3.05, 3.63) is 29.3 Å². The van der Waals surface area contributed by atoms with Gasteiger partial charge in [-0.3, -0.25) is 4.79 Å². The van der Waals surface area contributed by atoms with Crippen molar-refractivity contribution >= 4 is 17.5 Å². The third-order valence-electron chi connectivity index (χ3n) is 5.03. The Hall–Kier alpha value is -1.30. The summed E-state index contributed by atoms with van der Waals surface area (Å²) in [7, 11) is 0. The van der Waals surface area contributed by atoms with E-state index in [0.29, 0.717) is 29.8 Å². The molecule has 5 nitrogen and oxygen atoms in total. The van der Waals surface area contributed by atoms with Crippen LogP contribution in [0.15, 0.2) is 24.3 Å². The minimum atomic E-state index is -0.0210. The normalized spacial score (nSPS) is 24.5. The van der Waals surface area contributed by atoms with Crippen LogP contribution in [0.3, 0.4) is 0 Å². The average molecular weight is 353 g/mol. The van der Waals surface area contributed by atoms with Crippen molar-refractivity contribution < 1.29 is 14.6 Å². The molecule has 24 heavy (non-hydrogen) atoms. The van der Waals surface area contributed by atoms with Gasteiger partial charge in [0, 0.05) is 37.2 Å². The summed E-state index contributed by atoms with van der Waals surface area (Å²) < 4.78 is 5.55. The first-order valence-electron chi connectivity index (χ1n) is 8.65. The van der Waals surface area contributed by atoms with Crippen LogP contribution >= 0.6 is 11.6 Å². The maximum absolute atomic E-state index is 12.4. The first-order chi connectivity index (χ1) is 11.7. The van der Waals surface area contributed by atoms with Crippen LogP contribution in [-0.4, -0.2) is 66.8 Å². The molecule has 2 fully saturated rings. The lowest BCUT2D eigenvalue weighted by molar-refractivity contribution is -0.132. The number of carbonyl (C=O) groups is 1. The molecule has 132 valence electrons. The van der Waals surface area contributed by atoms with Gasteiger partial charge in [0.15, 0.2) is 6.61 Å². The van der Waals surface area contributed by atoms with Crippen LogP contribution in [0, 0.1) is 11.8 Å². The molecule has 2 aliphatic rings. The zero-order valence-corrected chi connectivity index (χ0v) is 14.6. The number of aliphatic hydroxyl groups excluding tert-OH is 1. The number of halogens is 1. The molecule has 0 bridgehead atoms. The number of hydrogen-bond donors (Lipinski definition) is 1. The van der Waals surface area contributed by atoms with E-state index in [-0.39, 0.29) is 25.0 Å². The predicted molar refractivity (Wildman–Crippen MR) is 93.3 cm³/mol. The second-order valence-corrected chi connectivity index (χ2v) is 7.19. The number of carbonyl (C=O) groups excluding carboxylic acids is 1. The van der Waals surface area contributed by atoms with Crippen LogP contribution in [0.1, 0.15) is 12.8 Å². The van der Waals surface area contributed by atoms with Crippen LogP contribution in [0.2, 0.25) is 5.02 Å². The molecule has 0 aromatic heterocycles. The monoisotopic (exact) mass is 352 g/mol. The van der Waals surface area contributed by atoms with Gasteiger partial charge in [0.25, 0.3) is 5.91 Å².